The summed E-state index contributed by atoms with van der Waals surface area (Å²) in [6, 6.07) is 14.2. The fraction of sp³-hybridized carbons (Fsp3) is 0.182. The minimum atomic E-state index is -0.685. The summed E-state index contributed by atoms with van der Waals surface area (Å²) >= 11 is 0. The van der Waals surface area contributed by atoms with Gasteiger partial charge in [0.2, 0.25) is 0 Å². The number of nitrogens with one attached hydrogen (secondary N) is 1. The zero-order valence-corrected chi connectivity index (χ0v) is 16.8. The number of nitrogens with two attached hydrogens (primary N) is 1. The smallest absolute Gasteiger partial charge is 0.255 e. The molecule has 0 radical (unpaired) electrons. The van der Waals surface area contributed by atoms with Gasteiger partial charge in [-0.15, -0.1) is 0 Å². The highest BCUT2D eigenvalue weighted by atomic mass is 16.5. The minimum Gasteiger partial charge on any atom is -0.493 e. The van der Waals surface area contributed by atoms with E-state index in [1.807, 2.05) is 38.1 Å². The maximum atomic E-state index is 12.7. The van der Waals surface area contributed by atoms with Crippen LogP contribution in [0.2, 0.25) is 0 Å². The zero-order valence-electron chi connectivity index (χ0n) is 16.8. The SMILES string of the molecule is COc1cc(NC(=O)c2ccc(-n3c(C)ccc3C)cc2)c(C(N)=O)cc1OC. The third-order valence-electron chi connectivity index (χ3n) is 4.70. The number of aryl methyl sites for hydroxylation is 2. The first-order valence-electron chi connectivity index (χ1n) is 8.98. The van der Waals surface area contributed by atoms with Crippen molar-refractivity contribution in [3.63, 3.8) is 0 Å². The Morgan fingerprint density at radius 2 is 1.45 bits per heavy atom. The second kappa shape index (κ2) is 8.10. The van der Waals surface area contributed by atoms with Gasteiger partial charge in [0.15, 0.2) is 11.5 Å². The highest BCUT2D eigenvalue weighted by molar-refractivity contribution is 6.09. The summed E-state index contributed by atoms with van der Waals surface area (Å²) in [5.74, 6) is -0.329. The van der Waals surface area contributed by atoms with E-state index in [-0.39, 0.29) is 17.2 Å². The summed E-state index contributed by atoms with van der Waals surface area (Å²) in [6.45, 7) is 4.05. The van der Waals surface area contributed by atoms with Crippen LogP contribution in [0.25, 0.3) is 5.69 Å². The largest absolute Gasteiger partial charge is 0.493 e. The summed E-state index contributed by atoms with van der Waals surface area (Å²) in [5, 5.41) is 2.73. The van der Waals surface area contributed by atoms with Gasteiger partial charge in [-0.1, -0.05) is 0 Å². The molecule has 29 heavy (non-hydrogen) atoms. The minimum absolute atomic E-state index is 0.131. The van der Waals surface area contributed by atoms with Crippen LogP contribution in [0.1, 0.15) is 32.1 Å². The maximum Gasteiger partial charge on any atom is 0.255 e. The van der Waals surface area contributed by atoms with Gasteiger partial charge in [0, 0.05) is 28.7 Å². The molecule has 3 rings (SSSR count). The lowest BCUT2D eigenvalue weighted by molar-refractivity contribution is 0.100. The van der Waals surface area contributed by atoms with Gasteiger partial charge in [-0.3, -0.25) is 9.59 Å². The Balaban J connectivity index is 1.89. The molecule has 0 atom stereocenters. The monoisotopic (exact) mass is 393 g/mol. The van der Waals surface area contributed by atoms with Crippen molar-refractivity contribution in [2.75, 3.05) is 19.5 Å². The van der Waals surface area contributed by atoms with Crippen LogP contribution < -0.4 is 20.5 Å². The number of anilines is 1. The van der Waals surface area contributed by atoms with Crippen molar-refractivity contribution in [3.8, 4) is 17.2 Å². The number of hydrogen-bond donors (Lipinski definition) is 2. The molecule has 1 heterocycles. The molecule has 7 nitrogen and oxygen atoms in total. The molecule has 7 heteroatoms. The number of rotatable bonds is 6. The zero-order chi connectivity index (χ0) is 21.1. The lowest BCUT2D eigenvalue weighted by Gasteiger charge is -2.14. The standard InChI is InChI=1S/C22H23N3O4/c1-13-5-6-14(2)25(13)16-9-7-15(8-10-16)22(27)24-18-12-20(29-4)19(28-3)11-17(18)21(23)26/h5-12H,1-4H3,(H2,23,26)(H,24,27). The average Bonchev–Trinajstić information content (AvgIpc) is 3.05. The second-order valence-electron chi connectivity index (χ2n) is 6.57. The molecule has 0 bridgehead atoms. The van der Waals surface area contributed by atoms with Crippen molar-refractivity contribution < 1.29 is 19.1 Å². The molecule has 150 valence electrons. The fourth-order valence-corrected chi connectivity index (χ4v) is 3.22. The van der Waals surface area contributed by atoms with E-state index in [0.29, 0.717) is 17.1 Å². The molecule has 0 unspecified atom stereocenters. The lowest BCUT2D eigenvalue weighted by Crippen LogP contribution is -2.18. The van der Waals surface area contributed by atoms with Gasteiger partial charge < -0.3 is 25.1 Å². The number of amides is 2. The normalized spacial score (nSPS) is 10.5. The third-order valence-corrected chi connectivity index (χ3v) is 4.70. The number of primary amides is 1. The Kier molecular flexibility index (Phi) is 5.59. The van der Waals surface area contributed by atoms with Gasteiger partial charge in [0.1, 0.15) is 0 Å². The van der Waals surface area contributed by atoms with Crippen LogP contribution in [0, 0.1) is 13.8 Å². The molecule has 2 amide bonds. The maximum absolute atomic E-state index is 12.7. The predicted molar refractivity (Wildman–Crippen MR) is 111 cm³/mol. The van der Waals surface area contributed by atoms with E-state index < -0.39 is 5.91 Å². The van der Waals surface area contributed by atoms with Crippen LogP contribution in [0.3, 0.4) is 0 Å². The van der Waals surface area contributed by atoms with Gasteiger partial charge in [-0.25, -0.2) is 0 Å². The van der Waals surface area contributed by atoms with Crippen molar-refractivity contribution in [2.45, 2.75) is 13.8 Å². The average molecular weight is 393 g/mol. The number of nitrogens with zero attached hydrogens (tertiary/aromatic N) is 1. The summed E-state index contributed by atoms with van der Waals surface area (Å²) in [7, 11) is 2.92. The molecular weight excluding hydrogens is 370 g/mol. The first-order chi connectivity index (χ1) is 13.8. The van der Waals surface area contributed by atoms with Crippen molar-refractivity contribution in [3.05, 3.63) is 71.0 Å². The highest BCUT2D eigenvalue weighted by Gasteiger charge is 2.17. The summed E-state index contributed by atoms with van der Waals surface area (Å²) in [6.07, 6.45) is 0. The van der Waals surface area contributed by atoms with Crippen LogP contribution in [0.15, 0.2) is 48.5 Å². The highest BCUT2D eigenvalue weighted by Crippen LogP contribution is 2.33. The van der Waals surface area contributed by atoms with E-state index in [0.717, 1.165) is 17.1 Å². The number of aromatic nitrogens is 1. The van der Waals surface area contributed by atoms with Crippen LogP contribution in [0.4, 0.5) is 5.69 Å². The number of carbonyl (C=O) groups is 2. The molecule has 0 saturated carbocycles. The molecule has 0 saturated heterocycles. The Labute approximate surface area is 169 Å². The van der Waals surface area contributed by atoms with E-state index in [4.69, 9.17) is 15.2 Å². The summed E-state index contributed by atoms with van der Waals surface area (Å²) < 4.78 is 12.5. The Morgan fingerprint density at radius 1 is 0.897 bits per heavy atom. The van der Waals surface area contributed by atoms with E-state index in [9.17, 15) is 9.59 Å². The number of ether oxygens (including phenoxy) is 2. The van der Waals surface area contributed by atoms with Crippen LogP contribution >= 0.6 is 0 Å². The van der Waals surface area contributed by atoms with Gasteiger partial charge in [-0.05, 0) is 56.3 Å². The first kappa shape index (κ1) is 20.0. The number of carbonyl (C=O) groups excluding carboxylic acids is 2. The number of benzene rings is 2. The molecule has 3 aromatic rings. The van der Waals surface area contributed by atoms with Gasteiger partial charge in [0.25, 0.3) is 11.8 Å². The van der Waals surface area contributed by atoms with Crippen molar-refractivity contribution in [1.82, 2.24) is 4.57 Å². The Morgan fingerprint density at radius 3 is 1.97 bits per heavy atom. The van der Waals surface area contributed by atoms with Crippen molar-refractivity contribution >= 4 is 17.5 Å². The predicted octanol–water partition coefficient (Wildman–Crippen LogP) is 3.46. The van der Waals surface area contributed by atoms with Gasteiger partial charge >= 0.3 is 0 Å². The molecule has 0 aliphatic carbocycles. The molecule has 1 aromatic heterocycles. The molecule has 0 aliphatic heterocycles. The van der Waals surface area contributed by atoms with Gasteiger partial charge in [-0.2, -0.15) is 0 Å². The third kappa shape index (κ3) is 3.94. The van der Waals surface area contributed by atoms with Crippen LogP contribution in [0.5, 0.6) is 11.5 Å². The Hall–Kier alpha value is -3.74. The number of methoxy groups -OCH3 is 2. The molecule has 3 N–H and O–H groups in total. The molecule has 0 aliphatic rings. The Bertz CT molecular complexity index is 1050. The lowest BCUT2D eigenvalue weighted by atomic mass is 10.1. The molecule has 0 fully saturated rings. The quantitative estimate of drug-likeness (QED) is 0.670. The fourth-order valence-electron chi connectivity index (χ4n) is 3.22. The van der Waals surface area contributed by atoms with E-state index in [2.05, 4.69) is 9.88 Å². The molecule has 0 spiro atoms. The summed E-state index contributed by atoms with van der Waals surface area (Å²) in [4.78, 5) is 24.6. The molecule has 2 aromatic carbocycles. The second-order valence-corrected chi connectivity index (χ2v) is 6.57. The van der Waals surface area contributed by atoms with Crippen LogP contribution in [-0.2, 0) is 0 Å². The van der Waals surface area contributed by atoms with E-state index >= 15 is 0 Å². The van der Waals surface area contributed by atoms with E-state index in [1.54, 1.807) is 12.1 Å². The van der Waals surface area contributed by atoms with Gasteiger partial charge in [0.05, 0.1) is 25.5 Å². The van der Waals surface area contributed by atoms with Crippen LogP contribution in [-0.4, -0.2) is 30.6 Å². The summed E-state index contributed by atoms with van der Waals surface area (Å²) in [5.41, 5.74) is 9.46. The van der Waals surface area contributed by atoms with Crippen molar-refractivity contribution in [1.29, 1.82) is 0 Å². The topological polar surface area (TPSA) is 95.6 Å². The molecular formula is C22H23N3O4. The van der Waals surface area contributed by atoms with Crippen molar-refractivity contribution in [2.24, 2.45) is 5.73 Å². The van der Waals surface area contributed by atoms with E-state index in [1.165, 1.54) is 26.4 Å². The number of hydrogen-bond acceptors (Lipinski definition) is 4. The first-order valence-corrected chi connectivity index (χ1v) is 8.98.